The number of aliphatic hydroxyl groups excluding tert-OH is 2. The minimum atomic E-state index is -1.78. The first-order chi connectivity index (χ1) is 20.7. The van der Waals surface area contributed by atoms with Crippen LogP contribution in [-0.2, 0) is 27.1 Å². The molecule has 0 saturated carbocycles. The molecule has 2 aromatic rings. The number of carboxylic acids is 1. The Bertz CT molecular complexity index is 1380. The van der Waals surface area contributed by atoms with Gasteiger partial charge in [-0.3, -0.25) is 0 Å². The standard InChI is InChI=1S/C29H31F2N3O9/c30-16-3-7-20-14(9-16)1-5-22(40-20)19(35)12-33-13-24(23-6-2-15-10-17(31)4-8-21(15)41-23)42-29-25(34-39)26(36)18(11-32)27(43-29)28(37)38/h3-4,7-10,18-19,22-27,29,33,35-36H,1-2,5-6,12-13H2,(H,37,38). The third kappa shape index (κ3) is 6.76. The van der Waals surface area contributed by atoms with Gasteiger partial charge < -0.3 is 39.6 Å². The van der Waals surface area contributed by atoms with E-state index in [-0.39, 0.29) is 18.9 Å². The summed E-state index contributed by atoms with van der Waals surface area (Å²) < 4.78 is 50.7. The maximum absolute atomic E-state index is 13.7. The SMILES string of the molecule is N#CC1C(C(=O)O)OC(OC(CNCC(O)C2CCc3cc(F)ccc3O2)C2CCc3cc(F)ccc3O2)C(N=O)C1O. The Labute approximate surface area is 245 Å². The molecule has 9 atom stereocenters. The minimum Gasteiger partial charge on any atom is -0.487 e. The van der Waals surface area contributed by atoms with Gasteiger partial charge in [0.2, 0.25) is 0 Å². The van der Waals surface area contributed by atoms with Crippen LogP contribution in [0.25, 0.3) is 0 Å². The fourth-order valence-electron chi connectivity index (χ4n) is 5.68. The first kappa shape index (κ1) is 30.7. The van der Waals surface area contributed by atoms with Gasteiger partial charge in [0.1, 0.15) is 59.6 Å². The lowest BCUT2D eigenvalue weighted by atomic mass is 9.89. The number of carbonyl (C=O) groups is 1. The predicted octanol–water partition coefficient (Wildman–Crippen LogP) is 1.83. The number of benzene rings is 2. The van der Waals surface area contributed by atoms with Gasteiger partial charge in [0.25, 0.3) is 0 Å². The smallest absolute Gasteiger partial charge is 0.334 e. The van der Waals surface area contributed by atoms with E-state index in [0.29, 0.717) is 48.3 Å². The molecule has 3 heterocycles. The highest BCUT2D eigenvalue weighted by Crippen LogP contribution is 2.34. The van der Waals surface area contributed by atoms with Crippen LogP contribution in [0.15, 0.2) is 41.6 Å². The van der Waals surface area contributed by atoms with Crippen molar-refractivity contribution in [2.24, 2.45) is 11.1 Å². The second-order valence-corrected chi connectivity index (χ2v) is 10.8. The Kier molecular flexibility index (Phi) is 9.48. The molecule has 3 aliphatic rings. The number of nitrogens with zero attached hydrogens (tertiary/aromatic N) is 2. The summed E-state index contributed by atoms with van der Waals surface area (Å²) in [7, 11) is 0. The summed E-state index contributed by atoms with van der Waals surface area (Å²) in [4.78, 5) is 23.5. The summed E-state index contributed by atoms with van der Waals surface area (Å²) in [5, 5.41) is 46.3. The number of ether oxygens (including phenoxy) is 4. The normalized spacial score (nSPS) is 29.5. The van der Waals surface area contributed by atoms with Crippen LogP contribution in [0.1, 0.15) is 24.0 Å². The highest BCUT2D eigenvalue weighted by molar-refractivity contribution is 5.73. The van der Waals surface area contributed by atoms with Crippen LogP contribution >= 0.6 is 0 Å². The second-order valence-electron chi connectivity index (χ2n) is 10.8. The van der Waals surface area contributed by atoms with E-state index >= 15 is 0 Å². The van der Waals surface area contributed by atoms with Crippen LogP contribution in [0, 0.1) is 33.8 Å². The summed E-state index contributed by atoms with van der Waals surface area (Å²) in [5.74, 6) is -2.96. The number of hydrogen-bond acceptors (Lipinski definition) is 11. The summed E-state index contributed by atoms with van der Waals surface area (Å²) in [6, 6.07) is 8.32. The molecule has 2 aromatic carbocycles. The molecule has 230 valence electrons. The number of nitrogens with one attached hydrogen (secondary N) is 1. The topological polar surface area (TPSA) is 180 Å². The van der Waals surface area contributed by atoms with Crippen molar-refractivity contribution in [3.63, 3.8) is 0 Å². The lowest BCUT2D eigenvalue weighted by molar-refractivity contribution is -0.261. The van der Waals surface area contributed by atoms with E-state index < -0.39 is 66.7 Å². The van der Waals surface area contributed by atoms with Crippen LogP contribution in [0.2, 0.25) is 0 Å². The average molecular weight is 604 g/mol. The number of nitroso groups, excluding NO2 is 1. The van der Waals surface area contributed by atoms with Gasteiger partial charge in [-0.05, 0) is 73.2 Å². The van der Waals surface area contributed by atoms with Crippen molar-refractivity contribution in [2.75, 3.05) is 13.1 Å². The lowest BCUT2D eigenvalue weighted by Crippen LogP contribution is -2.58. The Hall–Kier alpha value is -3.74. The number of aliphatic hydroxyl groups is 2. The van der Waals surface area contributed by atoms with Crippen molar-refractivity contribution < 1.29 is 47.8 Å². The van der Waals surface area contributed by atoms with E-state index in [4.69, 9.17) is 18.9 Å². The molecule has 5 rings (SSSR count). The van der Waals surface area contributed by atoms with Gasteiger partial charge in [0.05, 0.1) is 6.07 Å². The molecule has 0 amide bonds. The summed E-state index contributed by atoms with van der Waals surface area (Å²) in [6.45, 7) is 0.0427. The predicted molar refractivity (Wildman–Crippen MR) is 143 cm³/mol. The molecule has 1 fully saturated rings. The van der Waals surface area contributed by atoms with Gasteiger partial charge >= 0.3 is 5.97 Å². The number of rotatable bonds is 10. The fraction of sp³-hybridized carbons (Fsp3) is 0.517. The third-order valence-corrected chi connectivity index (χ3v) is 7.97. The zero-order valence-corrected chi connectivity index (χ0v) is 22.8. The molecule has 3 aliphatic heterocycles. The zero-order chi connectivity index (χ0) is 30.7. The van der Waals surface area contributed by atoms with Crippen LogP contribution in [0.4, 0.5) is 8.78 Å². The third-order valence-electron chi connectivity index (χ3n) is 7.97. The van der Waals surface area contributed by atoms with Crippen molar-refractivity contribution in [2.45, 2.75) is 74.6 Å². The molecule has 0 radical (unpaired) electrons. The van der Waals surface area contributed by atoms with E-state index in [1.807, 2.05) is 0 Å². The molecular formula is C29H31F2N3O9. The molecule has 0 bridgehead atoms. The monoisotopic (exact) mass is 603 g/mol. The second kappa shape index (κ2) is 13.3. The number of fused-ring (bicyclic) bond motifs is 2. The number of nitriles is 1. The first-order valence-corrected chi connectivity index (χ1v) is 13.9. The van der Waals surface area contributed by atoms with Crippen LogP contribution in [0.5, 0.6) is 11.5 Å². The number of aryl methyl sites for hydroxylation is 2. The Morgan fingerprint density at radius 2 is 1.67 bits per heavy atom. The summed E-state index contributed by atoms with van der Waals surface area (Å²) >= 11 is 0. The van der Waals surface area contributed by atoms with E-state index in [9.17, 15) is 39.1 Å². The average Bonchev–Trinajstić information content (AvgIpc) is 2.99. The van der Waals surface area contributed by atoms with Crippen molar-refractivity contribution in [3.8, 4) is 17.6 Å². The van der Waals surface area contributed by atoms with Crippen molar-refractivity contribution in [1.82, 2.24) is 5.32 Å². The Morgan fingerprint density at radius 3 is 2.26 bits per heavy atom. The van der Waals surface area contributed by atoms with E-state index in [1.165, 1.54) is 36.4 Å². The van der Waals surface area contributed by atoms with Crippen LogP contribution < -0.4 is 14.8 Å². The van der Waals surface area contributed by atoms with Gasteiger partial charge in [-0.15, -0.1) is 0 Å². The Balaban J connectivity index is 1.29. The Morgan fingerprint density at radius 1 is 1.07 bits per heavy atom. The maximum atomic E-state index is 13.7. The maximum Gasteiger partial charge on any atom is 0.334 e. The van der Waals surface area contributed by atoms with Gasteiger partial charge in [0, 0.05) is 13.1 Å². The highest BCUT2D eigenvalue weighted by atomic mass is 19.1. The molecule has 0 aliphatic carbocycles. The molecule has 12 nitrogen and oxygen atoms in total. The number of carboxylic acid groups (broad SMARTS) is 1. The molecular weight excluding hydrogens is 572 g/mol. The quantitative estimate of drug-likeness (QED) is 0.291. The summed E-state index contributed by atoms with van der Waals surface area (Å²) in [6.07, 6.45) is -6.61. The van der Waals surface area contributed by atoms with Gasteiger partial charge in [-0.1, -0.05) is 5.18 Å². The van der Waals surface area contributed by atoms with Gasteiger partial charge in [-0.25, -0.2) is 13.6 Å². The molecule has 43 heavy (non-hydrogen) atoms. The highest BCUT2D eigenvalue weighted by Gasteiger charge is 2.51. The van der Waals surface area contributed by atoms with Crippen molar-refractivity contribution in [3.05, 3.63) is 64.1 Å². The zero-order valence-electron chi connectivity index (χ0n) is 22.8. The number of halogens is 2. The number of aliphatic carboxylic acids is 1. The molecule has 1 saturated heterocycles. The fourth-order valence-corrected chi connectivity index (χ4v) is 5.68. The van der Waals surface area contributed by atoms with E-state index in [2.05, 4.69) is 10.5 Å². The van der Waals surface area contributed by atoms with Crippen LogP contribution in [-0.4, -0.2) is 83.3 Å². The van der Waals surface area contributed by atoms with Crippen molar-refractivity contribution in [1.29, 1.82) is 5.26 Å². The van der Waals surface area contributed by atoms with E-state index in [1.54, 1.807) is 6.07 Å². The largest absolute Gasteiger partial charge is 0.487 e. The van der Waals surface area contributed by atoms with Gasteiger partial charge in [-0.2, -0.15) is 10.2 Å². The minimum absolute atomic E-state index is 0.00766. The number of hydrogen-bond donors (Lipinski definition) is 4. The van der Waals surface area contributed by atoms with Crippen molar-refractivity contribution >= 4 is 5.97 Å². The van der Waals surface area contributed by atoms with E-state index in [0.717, 1.165) is 0 Å². The van der Waals surface area contributed by atoms with Gasteiger partial charge in [0.15, 0.2) is 18.4 Å². The molecule has 0 spiro atoms. The van der Waals surface area contributed by atoms with Crippen LogP contribution in [0.3, 0.4) is 0 Å². The molecule has 0 aromatic heterocycles. The summed E-state index contributed by atoms with van der Waals surface area (Å²) in [5.41, 5.74) is 1.36. The molecule has 14 heteroatoms. The molecule has 4 N–H and O–H groups in total. The first-order valence-electron chi connectivity index (χ1n) is 13.9. The lowest BCUT2D eigenvalue weighted by Gasteiger charge is -2.40. The molecule has 9 unspecified atom stereocenters.